The number of piperidine rings is 1. The van der Waals surface area contributed by atoms with E-state index in [1.807, 2.05) is 0 Å². The van der Waals surface area contributed by atoms with Crippen LogP contribution in [0.25, 0.3) is 0 Å². The number of sulfonamides is 1. The summed E-state index contributed by atoms with van der Waals surface area (Å²) in [5.74, 6) is -2.19. The van der Waals surface area contributed by atoms with Crippen molar-refractivity contribution in [3.63, 3.8) is 0 Å². The molecule has 1 atom stereocenters. The maximum atomic E-state index is 13.3. The topological polar surface area (TPSA) is 101 Å². The normalized spacial score (nSPS) is 19.5. The van der Waals surface area contributed by atoms with Crippen molar-refractivity contribution in [2.24, 2.45) is 5.14 Å². The van der Waals surface area contributed by atoms with Crippen LogP contribution in [-0.4, -0.2) is 42.7 Å². The minimum Gasteiger partial charge on any atom is -0.505 e. The summed E-state index contributed by atoms with van der Waals surface area (Å²) in [4.78, 5) is 13.8. The molecule has 0 radical (unpaired) electrons. The van der Waals surface area contributed by atoms with Crippen LogP contribution in [0, 0.1) is 5.82 Å². The fourth-order valence-electron chi connectivity index (χ4n) is 2.52. The number of amides is 1. The zero-order valence-corrected chi connectivity index (χ0v) is 12.1. The molecule has 1 amide bonds. The number of hydrogen-bond acceptors (Lipinski definition) is 4. The van der Waals surface area contributed by atoms with E-state index in [4.69, 9.17) is 10.2 Å². The van der Waals surface area contributed by atoms with Crippen LogP contribution < -0.4 is 5.14 Å². The fourth-order valence-corrected chi connectivity index (χ4v) is 3.40. The van der Waals surface area contributed by atoms with Crippen molar-refractivity contribution < 1.29 is 22.7 Å². The maximum absolute atomic E-state index is 13.3. The Kier molecular flexibility index (Phi) is 4.48. The average Bonchev–Trinajstić information content (AvgIpc) is 2.40. The van der Waals surface area contributed by atoms with Crippen LogP contribution in [0.15, 0.2) is 18.2 Å². The van der Waals surface area contributed by atoms with Gasteiger partial charge in [0.15, 0.2) is 11.6 Å². The van der Waals surface area contributed by atoms with Gasteiger partial charge in [0.2, 0.25) is 10.0 Å². The Morgan fingerprint density at radius 2 is 2.14 bits per heavy atom. The molecule has 0 bridgehead atoms. The van der Waals surface area contributed by atoms with Crippen molar-refractivity contribution >= 4 is 15.9 Å². The Hall–Kier alpha value is -1.67. The third-order valence-corrected chi connectivity index (χ3v) is 4.36. The number of phenolic OH excluding ortho intramolecular Hbond substituents is 1. The van der Waals surface area contributed by atoms with Crippen LogP contribution >= 0.6 is 0 Å². The van der Waals surface area contributed by atoms with Gasteiger partial charge in [0.1, 0.15) is 0 Å². The lowest BCUT2D eigenvalue weighted by Crippen LogP contribution is -2.48. The number of halogens is 1. The third-order valence-electron chi connectivity index (χ3n) is 3.51. The lowest BCUT2D eigenvalue weighted by molar-refractivity contribution is 0.0638. The second-order valence-corrected chi connectivity index (χ2v) is 6.80. The van der Waals surface area contributed by atoms with Gasteiger partial charge in [0, 0.05) is 18.2 Å². The molecule has 1 aliphatic rings. The van der Waals surface area contributed by atoms with Crippen molar-refractivity contribution in [2.75, 3.05) is 12.3 Å². The minimum absolute atomic E-state index is 0.0756. The third kappa shape index (κ3) is 3.92. The predicted octanol–water partition coefficient (Wildman–Crippen LogP) is 0.815. The first-order valence-corrected chi connectivity index (χ1v) is 8.29. The van der Waals surface area contributed by atoms with Crippen LogP contribution in [0.1, 0.15) is 29.6 Å². The number of carbonyl (C=O) groups is 1. The largest absolute Gasteiger partial charge is 0.505 e. The van der Waals surface area contributed by atoms with Crippen LogP contribution in [0.3, 0.4) is 0 Å². The second-order valence-electron chi connectivity index (χ2n) is 5.14. The first-order chi connectivity index (χ1) is 9.78. The summed E-state index contributed by atoms with van der Waals surface area (Å²) in [6, 6.07) is 2.85. The quantitative estimate of drug-likeness (QED) is 0.862. The highest BCUT2D eigenvalue weighted by Gasteiger charge is 2.30. The van der Waals surface area contributed by atoms with Crippen LogP contribution in [-0.2, 0) is 10.0 Å². The molecule has 0 aromatic heterocycles. The van der Waals surface area contributed by atoms with Gasteiger partial charge in [-0.25, -0.2) is 17.9 Å². The first-order valence-electron chi connectivity index (χ1n) is 6.58. The highest BCUT2D eigenvalue weighted by molar-refractivity contribution is 7.89. The number of hydrogen-bond donors (Lipinski definition) is 2. The Balaban J connectivity index is 2.24. The number of likely N-dealkylation sites (tertiary alicyclic amines) is 1. The van der Waals surface area contributed by atoms with Crippen molar-refractivity contribution in [3.05, 3.63) is 29.6 Å². The SMILES string of the molecule is NS(=O)(=O)CC1CCCCN1C(=O)c1ccc(O)c(F)c1. The van der Waals surface area contributed by atoms with E-state index in [9.17, 15) is 17.6 Å². The summed E-state index contributed by atoms with van der Waals surface area (Å²) in [7, 11) is -3.70. The van der Waals surface area contributed by atoms with Gasteiger partial charge in [-0.05, 0) is 37.5 Å². The van der Waals surface area contributed by atoms with Gasteiger partial charge in [0.05, 0.1) is 5.75 Å². The van der Waals surface area contributed by atoms with E-state index < -0.39 is 33.5 Å². The van der Waals surface area contributed by atoms with Gasteiger partial charge in [-0.15, -0.1) is 0 Å². The highest BCUT2D eigenvalue weighted by Crippen LogP contribution is 2.23. The van der Waals surface area contributed by atoms with E-state index in [1.54, 1.807) is 0 Å². The van der Waals surface area contributed by atoms with Gasteiger partial charge in [-0.3, -0.25) is 4.79 Å². The smallest absolute Gasteiger partial charge is 0.254 e. The van der Waals surface area contributed by atoms with E-state index in [0.717, 1.165) is 25.0 Å². The summed E-state index contributed by atoms with van der Waals surface area (Å²) in [6.07, 6.45) is 2.12. The fraction of sp³-hybridized carbons (Fsp3) is 0.462. The second kappa shape index (κ2) is 5.98. The first kappa shape index (κ1) is 15.7. The van der Waals surface area contributed by atoms with Gasteiger partial charge in [-0.2, -0.15) is 0 Å². The van der Waals surface area contributed by atoms with Crippen LogP contribution in [0.2, 0.25) is 0 Å². The molecule has 8 heteroatoms. The maximum Gasteiger partial charge on any atom is 0.254 e. The molecule has 2 rings (SSSR count). The molecular weight excluding hydrogens is 299 g/mol. The molecule has 1 fully saturated rings. The van der Waals surface area contributed by atoms with Gasteiger partial charge in [0.25, 0.3) is 5.91 Å². The van der Waals surface area contributed by atoms with E-state index in [0.29, 0.717) is 13.0 Å². The summed E-state index contributed by atoms with van der Waals surface area (Å²) >= 11 is 0. The van der Waals surface area contributed by atoms with Crippen molar-refractivity contribution in [1.29, 1.82) is 0 Å². The van der Waals surface area contributed by atoms with E-state index in [-0.39, 0.29) is 11.3 Å². The molecule has 1 unspecified atom stereocenters. The van der Waals surface area contributed by atoms with Gasteiger partial charge >= 0.3 is 0 Å². The molecule has 3 N–H and O–H groups in total. The Morgan fingerprint density at radius 1 is 1.43 bits per heavy atom. The van der Waals surface area contributed by atoms with Gasteiger partial charge in [-0.1, -0.05) is 0 Å². The average molecular weight is 316 g/mol. The molecule has 0 saturated carbocycles. The zero-order chi connectivity index (χ0) is 15.6. The van der Waals surface area contributed by atoms with Gasteiger partial charge < -0.3 is 10.0 Å². The molecular formula is C13H17FN2O4S. The molecule has 116 valence electrons. The molecule has 1 heterocycles. The minimum atomic E-state index is -3.70. The summed E-state index contributed by atoms with van der Waals surface area (Å²) in [5.41, 5.74) is 0.0756. The standard InChI is InChI=1S/C13H17FN2O4S/c14-11-7-9(4-5-12(11)17)13(18)16-6-2-1-3-10(16)8-21(15,19)20/h4-5,7,10,17H,1-3,6,8H2,(H2,15,19,20). The molecule has 1 aromatic rings. The van der Waals surface area contributed by atoms with E-state index in [2.05, 4.69) is 0 Å². The molecule has 1 aromatic carbocycles. The number of aromatic hydroxyl groups is 1. The van der Waals surface area contributed by atoms with Crippen LogP contribution in [0.4, 0.5) is 4.39 Å². The molecule has 0 spiro atoms. The van der Waals surface area contributed by atoms with Crippen molar-refractivity contribution in [1.82, 2.24) is 4.90 Å². The summed E-state index contributed by atoms with van der Waals surface area (Å²) < 4.78 is 35.8. The molecule has 6 nitrogen and oxygen atoms in total. The number of phenols is 1. The number of primary sulfonamides is 1. The number of benzene rings is 1. The highest BCUT2D eigenvalue weighted by atomic mass is 32.2. The molecule has 0 aliphatic carbocycles. The summed E-state index contributed by atoms with van der Waals surface area (Å²) in [5, 5.41) is 14.2. The number of rotatable bonds is 3. The van der Waals surface area contributed by atoms with Crippen LogP contribution in [0.5, 0.6) is 5.75 Å². The van der Waals surface area contributed by atoms with E-state index in [1.165, 1.54) is 11.0 Å². The number of nitrogens with two attached hydrogens (primary N) is 1. The number of nitrogens with zero attached hydrogens (tertiary/aromatic N) is 1. The molecule has 1 saturated heterocycles. The predicted molar refractivity (Wildman–Crippen MR) is 74.7 cm³/mol. The zero-order valence-electron chi connectivity index (χ0n) is 11.3. The Bertz CT molecular complexity index is 648. The summed E-state index contributed by atoms with van der Waals surface area (Å²) in [6.45, 7) is 0.404. The van der Waals surface area contributed by atoms with Crippen molar-refractivity contribution in [2.45, 2.75) is 25.3 Å². The lowest BCUT2D eigenvalue weighted by atomic mass is 10.0. The lowest BCUT2D eigenvalue weighted by Gasteiger charge is -2.35. The molecule has 1 aliphatic heterocycles. The number of carbonyl (C=O) groups excluding carboxylic acids is 1. The molecule has 21 heavy (non-hydrogen) atoms. The monoisotopic (exact) mass is 316 g/mol. The Morgan fingerprint density at radius 3 is 2.76 bits per heavy atom. The van der Waals surface area contributed by atoms with E-state index >= 15 is 0 Å². The van der Waals surface area contributed by atoms with Crippen molar-refractivity contribution in [3.8, 4) is 5.75 Å². The Labute approximate surface area is 122 Å².